The smallest absolute Gasteiger partial charge is 0.163 e. The highest BCUT2D eigenvalue weighted by Gasteiger charge is 2.21. The SMILES string of the molecule is CC(=O)c1cnn2cc(OCCN3CC[C@@H](F)C3)ccc12. The second-order valence-corrected chi connectivity index (χ2v) is 5.34. The predicted molar refractivity (Wildman–Crippen MR) is 76.6 cm³/mol. The summed E-state index contributed by atoms with van der Waals surface area (Å²) in [6.07, 6.45) is 3.24. The summed E-state index contributed by atoms with van der Waals surface area (Å²) in [5.74, 6) is 0.685. The van der Waals surface area contributed by atoms with Crippen LogP contribution in [-0.2, 0) is 0 Å². The van der Waals surface area contributed by atoms with Gasteiger partial charge in [-0.05, 0) is 25.5 Å². The van der Waals surface area contributed by atoms with Crippen LogP contribution in [-0.4, -0.2) is 52.7 Å². The van der Waals surface area contributed by atoms with E-state index in [4.69, 9.17) is 4.74 Å². The van der Waals surface area contributed by atoms with Gasteiger partial charge >= 0.3 is 0 Å². The molecule has 0 aromatic carbocycles. The van der Waals surface area contributed by atoms with Gasteiger partial charge in [-0.15, -0.1) is 0 Å². The molecule has 0 spiro atoms. The summed E-state index contributed by atoms with van der Waals surface area (Å²) in [7, 11) is 0. The minimum Gasteiger partial charge on any atom is -0.491 e. The average Bonchev–Trinajstić information content (AvgIpc) is 3.04. The number of alkyl halides is 1. The topological polar surface area (TPSA) is 46.8 Å². The number of carbonyl (C=O) groups is 1. The Morgan fingerprint density at radius 2 is 2.38 bits per heavy atom. The minimum absolute atomic E-state index is 0.00604. The summed E-state index contributed by atoms with van der Waals surface area (Å²) in [5.41, 5.74) is 1.38. The van der Waals surface area contributed by atoms with E-state index in [1.807, 2.05) is 12.1 Å². The van der Waals surface area contributed by atoms with Gasteiger partial charge in [-0.1, -0.05) is 0 Å². The van der Waals surface area contributed by atoms with E-state index in [9.17, 15) is 9.18 Å². The number of aromatic nitrogens is 2. The fourth-order valence-corrected chi connectivity index (χ4v) is 2.60. The Morgan fingerprint density at radius 1 is 1.52 bits per heavy atom. The van der Waals surface area contributed by atoms with Gasteiger partial charge in [0.05, 0.1) is 23.5 Å². The van der Waals surface area contributed by atoms with Crippen LogP contribution in [0.25, 0.3) is 5.52 Å². The molecule has 1 aliphatic heterocycles. The van der Waals surface area contributed by atoms with Gasteiger partial charge < -0.3 is 4.74 Å². The third kappa shape index (κ3) is 3.05. The van der Waals surface area contributed by atoms with Gasteiger partial charge in [0.2, 0.25) is 0 Å². The van der Waals surface area contributed by atoms with Crippen LogP contribution in [0.15, 0.2) is 24.5 Å². The van der Waals surface area contributed by atoms with Crippen LogP contribution >= 0.6 is 0 Å². The lowest BCUT2D eigenvalue weighted by Gasteiger charge is -2.14. The highest BCUT2D eigenvalue weighted by molar-refractivity contribution is 6.00. The molecule has 1 saturated heterocycles. The van der Waals surface area contributed by atoms with Crippen LogP contribution in [0.4, 0.5) is 4.39 Å². The molecular weight excluding hydrogens is 273 g/mol. The van der Waals surface area contributed by atoms with E-state index in [-0.39, 0.29) is 5.78 Å². The van der Waals surface area contributed by atoms with E-state index in [2.05, 4.69) is 10.00 Å². The lowest BCUT2D eigenvalue weighted by molar-refractivity contribution is 0.101. The standard InChI is InChI=1S/C15H18FN3O2/c1-11(20)14-8-17-19-10-13(2-3-15(14)19)21-7-6-18-5-4-12(16)9-18/h2-3,8,10,12H,4-7,9H2,1H3/t12-/m1/s1. The molecule has 112 valence electrons. The first-order valence-electron chi connectivity index (χ1n) is 7.11. The maximum Gasteiger partial charge on any atom is 0.163 e. The van der Waals surface area contributed by atoms with E-state index in [0.29, 0.717) is 30.9 Å². The number of ketones is 1. The van der Waals surface area contributed by atoms with Crippen LogP contribution in [0.2, 0.25) is 0 Å². The molecule has 0 amide bonds. The Balaban J connectivity index is 1.61. The number of hydrogen-bond donors (Lipinski definition) is 0. The molecule has 21 heavy (non-hydrogen) atoms. The lowest BCUT2D eigenvalue weighted by Crippen LogP contribution is -2.26. The van der Waals surface area contributed by atoms with Crippen molar-refractivity contribution >= 4 is 11.3 Å². The molecule has 0 unspecified atom stereocenters. The Hall–Kier alpha value is -1.95. The molecule has 5 nitrogen and oxygen atoms in total. The largest absolute Gasteiger partial charge is 0.491 e. The number of hydrogen-bond acceptors (Lipinski definition) is 4. The molecule has 0 radical (unpaired) electrons. The van der Waals surface area contributed by atoms with Crippen LogP contribution in [0, 0.1) is 0 Å². The molecule has 1 atom stereocenters. The molecule has 2 aromatic heterocycles. The fraction of sp³-hybridized carbons (Fsp3) is 0.467. The predicted octanol–water partition coefficient (Wildman–Crippen LogP) is 1.96. The molecule has 3 heterocycles. The lowest BCUT2D eigenvalue weighted by atomic mass is 10.2. The van der Waals surface area contributed by atoms with E-state index in [0.717, 1.165) is 18.6 Å². The molecule has 1 fully saturated rings. The van der Waals surface area contributed by atoms with E-state index in [1.165, 1.54) is 6.92 Å². The average molecular weight is 291 g/mol. The van der Waals surface area contributed by atoms with Crippen molar-refractivity contribution in [2.24, 2.45) is 0 Å². The summed E-state index contributed by atoms with van der Waals surface area (Å²) >= 11 is 0. The Kier molecular flexibility index (Phi) is 3.88. The molecule has 0 aliphatic carbocycles. The van der Waals surface area contributed by atoms with Gasteiger partial charge in [-0.2, -0.15) is 5.10 Å². The van der Waals surface area contributed by atoms with Crippen molar-refractivity contribution < 1.29 is 13.9 Å². The van der Waals surface area contributed by atoms with Crippen molar-refractivity contribution in [3.05, 3.63) is 30.1 Å². The first-order valence-corrected chi connectivity index (χ1v) is 7.11. The van der Waals surface area contributed by atoms with Crippen molar-refractivity contribution in [2.45, 2.75) is 19.5 Å². The number of Topliss-reactive ketones (excluding diaryl/α,β-unsaturated/α-hetero) is 1. The summed E-state index contributed by atoms with van der Waals surface area (Å²) in [5, 5.41) is 4.15. The van der Waals surface area contributed by atoms with E-state index >= 15 is 0 Å². The third-order valence-corrected chi connectivity index (χ3v) is 3.76. The molecule has 0 N–H and O–H groups in total. The third-order valence-electron chi connectivity index (χ3n) is 3.76. The minimum atomic E-state index is -0.699. The highest BCUT2D eigenvalue weighted by Crippen LogP contribution is 2.17. The van der Waals surface area contributed by atoms with Crippen LogP contribution < -0.4 is 4.74 Å². The zero-order valence-corrected chi connectivity index (χ0v) is 12.0. The Morgan fingerprint density at radius 3 is 3.10 bits per heavy atom. The molecule has 6 heteroatoms. The molecule has 3 rings (SSSR count). The van der Waals surface area contributed by atoms with Gasteiger partial charge in [0.1, 0.15) is 18.5 Å². The number of ether oxygens (including phenoxy) is 1. The van der Waals surface area contributed by atoms with Crippen molar-refractivity contribution in [3.8, 4) is 5.75 Å². The highest BCUT2D eigenvalue weighted by atomic mass is 19.1. The molecular formula is C15H18FN3O2. The quantitative estimate of drug-likeness (QED) is 0.790. The number of halogens is 1. The first kappa shape index (κ1) is 14.0. The van der Waals surface area contributed by atoms with Crippen molar-refractivity contribution in [1.82, 2.24) is 14.5 Å². The molecule has 2 aromatic rings. The number of carbonyl (C=O) groups excluding carboxylic acids is 1. The zero-order chi connectivity index (χ0) is 14.8. The molecule has 1 aliphatic rings. The number of likely N-dealkylation sites (tertiary alicyclic amines) is 1. The van der Waals surface area contributed by atoms with Crippen molar-refractivity contribution in [1.29, 1.82) is 0 Å². The monoisotopic (exact) mass is 291 g/mol. The van der Waals surface area contributed by atoms with Crippen molar-refractivity contribution in [2.75, 3.05) is 26.2 Å². The maximum atomic E-state index is 13.0. The maximum absolute atomic E-state index is 13.0. The van der Waals surface area contributed by atoms with Gasteiger partial charge in [0, 0.05) is 19.6 Å². The first-order chi connectivity index (χ1) is 10.1. The van der Waals surface area contributed by atoms with Gasteiger partial charge in [0.25, 0.3) is 0 Å². The summed E-state index contributed by atoms with van der Waals surface area (Å²) in [6.45, 7) is 4.05. The molecule has 0 bridgehead atoms. The van der Waals surface area contributed by atoms with E-state index < -0.39 is 6.17 Å². The summed E-state index contributed by atoms with van der Waals surface area (Å²) < 4.78 is 20.4. The Bertz CT molecular complexity index is 655. The summed E-state index contributed by atoms with van der Waals surface area (Å²) in [6, 6.07) is 3.65. The number of fused-ring (bicyclic) bond motifs is 1. The fourth-order valence-electron chi connectivity index (χ4n) is 2.60. The number of rotatable bonds is 5. The van der Waals surface area contributed by atoms with Crippen LogP contribution in [0.1, 0.15) is 23.7 Å². The second-order valence-electron chi connectivity index (χ2n) is 5.34. The zero-order valence-electron chi connectivity index (χ0n) is 12.0. The van der Waals surface area contributed by atoms with Gasteiger partial charge in [-0.25, -0.2) is 8.91 Å². The van der Waals surface area contributed by atoms with Gasteiger partial charge in [-0.3, -0.25) is 9.69 Å². The number of nitrogens with zero attached hydrogens (tertiary/aromatic N) is 3. The van der Waals surface area contributed by atoms with Gasteiger partial charge in [0.15, 0.2) is 5.78 Å². The van der Waals surface area contributed by atoms with Crippen LogP contribution in [0.3, 0.4) is 0 Å². The summed E-state index contributed by atoms with van der Waals surface area (Å²) in [4.78, 5) is 13.5. The number of pyridine rings is 1. The normalized spacial score (nSPS) is 19.2. The second kappa shape index (κ2) is 5.81. The Labute approximate surface area is 122 Å². The molecule has 0 saturated carbocycles. The van der Waals surface area contributed by atoms with Crippen molar-refractivity contribution in [3.63, 3.8) is 0 Å². The van der Waals surface area contributed by atoms with E-state index in [1.54, 1.807) is 16.9 Å². The van der Waals surface area contributed by atoms with Crippen LogP contribution in [0.5, 0.6) is 5.75 Å².